The summed E-state index contributed by atoms with van der Waals surface area (Å²) in [5.41, 5.74) is 3.21. The zero-order valence-electron chi connectivity index (χ0n) is 10.6. The molecule has 3 nitrogen and oxygen atoms in total. The molecule has 4 heteroatoms. The Morgan fingerprint density at radius 2 is 2.33 bits per heavy atom. The first kappa shape index (κ1) is 11.9. The number of nitrogens with zero attached hydrogens (tertiary/aromatic N) is 1. The molecule has 2 aromatic rings. The summed E-state index contributed by atoms with van der Waals surface area (Å²) in [6.07, 6.45) is 3.85. The lowest BCUT2D eigenvalue weighted by molar-refractivity contribution is 0.582. The Balaban J connectivity index is 1.98. The molecule has 96 valence electrons. The van der Waals surface area contributed by atoms with Crippen molar-refractivity contribution in [3.8, 4) is 0 Å². The van der Waals surface area contributed by atoms with Gasteiger partial charge < -0.3 is 4.98 Å². The lowest BCUT2D eigenvalue weighted by Crippen LogP contribution is -2.24. The number of imidazole rings is 1. The zero-order valence-corrected chi connectivity index (χ0v) is 11.4. The fraction of sp³-hybridized carbons (Fsp3) is 0.500. The Hall–Kier alpha value is -1.16. The summed E-state index contributed by atoms with van der Waals surface area (Å²) in [4.78, 5) is 15.0. The summed E-state index contributed by atoms with van der Waals surface area (Å²) in [5, 5.41) is 0.593. The van der Waals surface area contributed by atoms with Crippen molar-refractivity contribution in [2.45, 2.75) is 38.0 Å². The van der Waals surface area contributed by atoms with Crippen LogP contribution in [0.25, 0.3) is 11.0 Å². The maximum Gasteiger partial charge on any atom is 0.326 e. The molecule has 0 saturated carbocycles. The molecule has 1 saturated heterocycles. The van der Waals surface area contributed by atoms with Gasteiger partial charge in [0.1, 0.15) is 0 Å². The van der Waals surface area contributed by atoms with E-state index in [4.69, 9.17) is 0 Å². The van der Waals surface area contributed by atoms with E-state index < -0.39 is 0 Å². The van der Waals surface area contributed by atoms with Crippen LogP contribution < -0.4 is 5.69 Å². The molecule has 2 heterocycles. The number of aryl methyl sites for hydroxylation is 1. The van der Waals surface area contributed by atoms with Gasteiger partial charge in [-0.3, -0.25) is 4.57 Å². The first-order valence-corrected chi connectivity index (χ1v) is 7.60. The van der Waals surface area contributed by atoms with Gasteiger partial charge in [0.15, 0.2) is 0 Å². The quantitative estimate of drug-likeness (QED) is 0.903. The third-order valence-electron chi connectivity index (χ3n) is 3.68. The van der Waals surface area contributed by atoms with E-state index >= 15 is 0 Å². The molecule has 0 radical (unpaired) electrons. The summed E-state index contributed by atoms with van der Waals surface area (Å²) in [5.74, 6) is 1.24. The Kier molecular flexibility index (Phi) is 3.20. The molecule has 1 fully saturated rings. The van der Waals surface area contributed by atoms with Crippen LogP contribution in [-0.4, -0.2) is 20.6 Å². The second kappa shape index (κ2) is 4.84. The fourth-order valence-corrected chi connectivity index (χ4v) is 3.95. The number of hydrogen-bond donors (Lipinski definition) is 1. The number of thioether (sulfide) groups is 1. The molecule has 1 unspecified atom stereocenters. The van der Waals surface area contributed by atoms with Crippen molar-refractivity contribution in [2.75, 3.05) is 5.75 Å². The van der Waals surface area contributed by atoms with Crippen molar-refractivity contribution in [1.82, 2.24) is 9.55 Å². The molecule has 18 heavy (non-hydrogen) atoms. The number of hydrogen-bond acceptors (Lipinski definition) is 2. The van der Waals surface area contributed by atoms with Crippen molar-refractivity contribution in [1.29, 1.82) is 0 Å². The van der Waals surface area contributed by atoms with Crippen LogP contribution in [0.5, 0.6) is 0 Å². The van der Waals surface area contributed by atoms with Crippen LogP contribution >= 0.6 is 11.8 Å². The van der Waals surface area contributed by atoms with Gasteiger partial charge in [0, 0.05) is 11.8 Å². The van der Waals surface area contributed by atoms with Gasteiger partial charge in [-0.2, -0.15) is 11.8 Å². The Labute approximate surface area is 111 Å². The van der Waals surface area contributed by atoms with Gasteiger partial charge in [0.2, 0.25) is 0 Å². The van der Waals surface area contributed by atoms with Gasteiger partial charge in [-0.15, -0.1) is 0 Å². The van der Waals surface area contributed by atoms with Crippen molar-refractivity contribution in [3.05, 3.63) is 34.2 Å². The number of H-pyrrole nitrogens is 1. The van der Waals surface area contributed by atoms with Crippen molar-refractivity contribution in [2.24, 2.45) is 0 Å². The smallest absolute Gasteiger partial charge is 0.305 e. The average molecular weight is 262 g/mol. The number of fused-ring (bicyclic) bond motifs is 1. The van der Waals surface area contributed by atoms with Crippen LogP contribution in [0.4, 0.5) is 0 Å². The number of rotatable bonds is 2. The highest BCUT2D eigenvalue weighted by Gasteiger charge is 2.17. The molecule has 1 aromatic carbocycles. The Morgan fingerprint density at radius 1 is 1.44 bits per heavy atom. The topological polar surface area (TPSA) is 37.8 Å². The molecular weight excluding hydrogens is 244 g/mol. The van der Waals surface area contributed by atoms with Crippen LogP contribution in [0.2, 0.25) is 0 Å². The summed E-state index contributed by atoms with van der Waals surface area (Å²) in [6, 6.07) is 6.10. The van der Waals surface area contributed by atoms with Crippen molar-refractivity contribution < 1.29 is 0 Å². The molecule has 0 amide bonds. The average Bonchev–Trinajstić information content (AvgIpc) is 2.70. The standard InChI is InChI=1S/C14H18N2OS/c1-10-5-4-7-12-13(10)15-14(17)16(12)9-11-6-2-3-8-18-11/h4-5,7,11H,2-3,6,8-9H2,1H3,(H,15,17). The van der Waals surface area contributed by atoms with E-state index in [0.29, 0.717) is 5.25 Å². The van der Waals surface area contributed by atoms with E-state index in [1.54, 1.807) is 0 Å². The lowest BCUT2D eigenvalue weighted by Gasteiger charge is -2.21. The molecule has 1 N–H and O–H groups in total. The first-order valence-electron chi connectivity index (χ1n) is 6.55. The molecule has 1 aliphatic heterocycles. The lowest BCUT2D eigenvalue weighted by atomic mass is 10.2. The minimum absolute atomic E-state index is 0.0328. The molecule has 0 aliphatic carbocycles. The van der Waals surface area contributed by atoms with Gasteiger partial charge >= 0.3 is 5.69 Å². The number of aromatic amines is 1. The van der Waals surface area contributed by atoms with Crippen LogP contribution in [0.15, 0.2) is 23.0 Å². The molecule has 1 aliphatic rings. The number of para-hydroxylation sites is 1. The van der Waals surface area contributed by atoms with E-state index in [2.05, 4.69) is 4.98 Å². The van der Waals surface area contributed by atoms with E-state index in [1.807, 2.05) is 41.5 Å². The SMILES string of the molecule is Cc1cccc2c1[nH]c(=O)n2CC1CCCCS1. The number of nitrogens with one attached hydrogen (secondary N) is 1. The second-order valence-corrected chi connectivity index (χ2v) is 6.41. The van der Waals surface area contributed by atoms with Gasteiger partial charge in [0.05, 0.1) is 11.0 Å². The predicted octanol–water partition coefficient (Wildman–Crippen LogP) is 2.92. The maximum atomic E-state index is 12.1. The highest BCUT2D eigenvalue weighted by Crippen LogP contribution is 2.27. The minimum atomic E-state index is 0.0328. The third kappa shape index (κ3) is 2.09. The highest BCUT2D eigenvalue weighted by atomic mass is 32.2. The molecule has 1 aromatic heterocycles. The predicted molar refractivity (Wildman–Crippen MR) is 77.4 cm³/mol. The molecule has 3 rings (SSSR count). The van der Waals surface area contributed by atoms with Crippen molar-refractivity contribution in [3.63, 3.8) is 0 Å². The summed E-state index contributed by atoms with van der Waals surface area (Å²) in [6.45, 7) is 2.88. The van der Waals surface area contributed by atoms with E-state index in [1.165, 1.54) is 25.0 Å². The molecule has 0 spiro atoms. The molecule has 1 atom stereocenters. The molecular formula is C14H18N2OS. The highest BCUT2D eigenvalue weighted by molar-refractivity contribution is 7.99. The summed E-state index contributed by atoms with van der Waals surface area (Å²) < 4.78 is 1.91. The van der Waals surface area contributed by atoms with Crippen LogP contribution in [-0.2, 0) is 6.54 Å². The number of benzene rings is 1. The van der Waals surface area contributed by atoms with Crippen LogP contribution in [0.1, 0.15) is 24.8 Å². The number of aromatic nitrogens is 2. The van der Waals surface area contributed by atoms with Gasteiger partial charge in [-0.1, -0.05) is 18.6 Å². The van der Waals surface area contributed by atoms with E-state index in [0.717, 1.165) is 23.1 Å². The maximum absolute atomic E-state index is 12.1. The monoisotopic (exact) mass is 262 g/mol. The van der Waals surface area contributed by atoms with Gasteiger partial charge in [-0.25, -0.2) is 4.79 Å². The molecule has 0 bridgehead atoms. The van der Waals surface area contributed by atoms with E-state index in [9.17, 15) is 4.79 Å². The first-order chi connectivity index (χ1) is 8.75. The fourth-order valence-electron chi connectivity index (χ4n) is 2.66. The van der Waals surface area contributed by atoms with Crippen LogP contribution in [0, 0.1) is 6.92 Å². The second-order valence-electron chi connectivity index (χ2n) is 5.00. The van der Waals surface area contributed by atoms with Crippen LogP contribution in [0.3, 0.4) is 0 Å². The summed E-state index contributed by atoms with van der Waals surface area (Å²) in [7, 11) is 0. The minimum Gasteiger partial charge on any atom is -0.305 e. The van der Waals surface area contributed by atoms with Gasteiger partial charge in [0.25, 0.3) is 0 Å². The normalized spacial score (nSPS) is 20.4. The Morgan fingerprint density at radius 3 is 3.11 bits per heavy atom. The van der Waals surface area contributed by atoms with E-state index in [-0.39, 0.29) is 5.69 Å². The summed E-state index contributed by atoms with van der Waals surface area (Å²) >= 11 is 2.01. The van der Waals surface area contributed by atoms with Crippen molar-refractivity contribution >= 4 is 22.8 Å². The largest absolute Gasteiger partial charge is 0.326 e. The Bertz CT molecular complexity index is 608. The van der Waals surface area contributed by atoms with Gasteiger partial charge in [-0.05, 0) is 37.1 Å². The zero-order chi connectivity index (χ0) is 12.5. The third-order valence-corrected chi connectivity index (χ3v) is 5.06.